The summed E-state index contributed by atoms with van der Waals surface area (Å²) in [4.78, 5) is 4.08. The molecule has 0 bridgehead atoms. The Kier molecular flexibility index (Phi) is 6.22. The Labute approximate surface area is 115 Å². The standard InChI is InChI=1S/C12H19F3N2OS/c1-4-16-9(6-5-8(2)18-3)10-7-17-11(19-10)12(13,14)15/h7-9,16H,4-6H2,1-3H3. The van der Waals surface area contributed by atoms with E-state index in [1.54, 1.807) is 7.11 Å². The molecule has 1 aromatic heterocycles. The molecule has 0 saturated carbocycles. The fourth-order valence-corrected chi connectivity index (χ4v) is 2.58. The molecule has 0 aromatic carbocycles. The van der Waals surface area contributed by atoms with Gasteiger partial charge in [0.15, 0.2) is 5.01 Å². The fourth-order valence-electron chi connectivity index (χ4n) is 1.69. The molecule has 1 rings (SSSR count). The molecule has 2 unspecified atom stereocenters. The SMILES string of the molecule is CCNC(CCC(C)OC)c1cnc(C(F)(F)F)s1. The van der Waals surface area contributed by atoms with Crippen molar-refractivity contribution < 1.29 is 17.9 Å². The molecule has 0 aliphatic carbocycles. The number of halogens is 3. The molecule has 0 aliphatic heterocycles. The van der Waals surface area contributed by atoms with Gasteiger partial charge < -0.3 is 10.1 Å². The second-order valence-corrected chi connectivity index (χ2v) is 5.36. The Morgan fingerprint density at radius 2 is 2.11 bits per heavy atom. The minimum absolute atomic E-state index is 0.0937. The van der Waals surface area contributed by atoms with E-state index in [-0.39, 0.29) is 12.1 Å². The van der Waals surface area contributed by atoms with E-state index < -0.39 is 11.2 Å². The molecule has 19 heavy (non-hydrogen) atoms. The van der Waals surface area contributed by atoms with Crippen LogP contribution < -0.4 is 5.32 Å². The van der Waals surface area contributed by atoms with Gasteiger partial charge in [0.1, 0.15) is 0 Å². The quantitative estimate of drug-likeness (QED) is 0.834. The van der Waals surface area contributed by atoms with Gasteiger partial charge in [0.2, 0.25) is 0 Å². The number of hydrogen-bond donors (Lipinski definition) is 1. The van der Waals surface area contributed by atoms with Crippen molar-refractivity contribution in [3.63, 3.8) is 0 Å². The van der Waals surface area contributed by atoms with E-state index in [9.17, 15) is 13.2 Å². The predicted octanol–water partition coefficient (Wildman–Crippen LogP) is 3.63. The zero-order chi connectivity index (χ0) is 14.5. The number of rotatable bonds is 7. The van der Waals surface area contributed by atoms with E-state index in [4.69, 9.17) is 4.74 Å². The maximum Gasteiger partial charge on any atom is 0.443 e. The molecule has 110 valence electrons. The maximum absolute atomic E-state index is 12.5. The topological polar surface area (TPSA) is 34.1 Å². The normalized spacial score (nSPS) is 15.5. The van der Waals surface area contributed by atoms with E-state index in [0.717, 1.165) is 12.8 Å². The third kappa shape index (κ3) is 5.08. The molecule has 2 atom stereocenters. The van der Waals surface area contributed by atoms with Crippen molar-refractivity contribution in [2.45, 2.75) is 45.0 Å². The van der Waals surface area contributed by atoms with Gasteiger partial charge in [-0.3, -0.25) is 0 Å². The first-order valence-corrected chi connectivity index (χ1v) is 6.99. The largest absolute Gasteiger partial charge is 0.443 e. The van der Waals surface area contributed by atoms with Gasteiger partial charge in [0.05, 0.1) is 6.10 Å². The minimum atomic E-state index is -4.36. The molecular formula is C12H19F3N2OS. The molecule has 0 spiro atoms. The van der Waals surface area contributed by atoms with Gasteiger partial charge >= 0.3 is 6.18 Å². The molecule has 0 amide bonds. The Morgan fingerprint density at radius 3 is 2.58 bits per heavy atom. The average molecular weight is 296 g/mol. The molecule has 3 nitrogen and oxygen atoms in total. The summed E-state index contributed by atoms with van der Waals surface area (Å²) in [6, 6.07) is -0.101. The molecule has 1 aromatic rings. The molecule has 7 heteroatoms. The van der Waals surface area contributed by atoms with E-state index in [2.05, 4.69) is 10.3 Å². The second kappa shape index (κ2) is 7.21. The van der Waals surface area contributed by atoms with Crippen LogP contribution in [0.4, 0.5) is 13.2 Å². The van der Waals surface area contributed by atoms with Crippen LogP contribution in [-0.4, -0.2) is 24.7 Å². The van der Waals surface area contributed by atoms with Crippen molar-refractivity contribution >= 4 is 11.3 Å². The van der Waals surface area contributed by atoms with E-state index in [1.807, 2.05) is 13.8 Å². The van der Waals surface area contributed by atoms with Gasteiger partial charge in [-0.2, -0.15) is 13.2 Å². The first-order chi connectivity index (χ1) is 8.88. The highest BCUT2D eigenvalue weighted by Gasteiger charge is 2.35. The minimum Gasteiger partial charge on any atom is -0.382 e. The maximum atomic E-state index is 12.5. The Hall–Kier alpha value is -0.660. The third-order valence-electron chi connectivity index (χ3n) is 2.82. The summed E-state index contributed by atoms with van der Waals surface area (Å²) in [6.07, 6.45) is -1.44. The molecule has 0 aliphatic rings. The zero-order valence-electron chi connectivity index (χ0n) is 11.3. The molecular weight excluding hydrogens is 277 g/mol. The fraction of sp³-hybridized carbons (Fsp3) is 0.750. The summed E-state index contributed by atoms with van der Waals surface area (Å²) in [5.74, 6) is 0. The number of methoxy groups -OCH3 is 1. The van der Waals surface area contributed by atoms with E-state index in [1.165, 1.54) is 6.20 Å². The van der Waals surface area contributed by atoms with Crippen molar-refractivity contribution in [2.75, 3.05) is 13.7 Å². The summed E-state index contributed by atoms with van der Waals surface area (Å²) in [5.41, 5.74) is 0. The highest BCUT2D eigenvalue weighted by Crippen LogP contribution is 2.35. The lowest BCUT2D eigenvalue weighted by Gasteiger charge is -2.18. The predicted molar refractivity (Wildman–Crippen MR) is 69.2 cm³/mol. The Morgan fingerprint density at radius 1 is 1.42 bits per heavy atom. The lowest BCUT2D eigenvalue weighted by Crippen LogP contribution is -2.21. The van der Waals surface area contributed by atoms with Gasteiger partial charge in [0.25, 0.3) is 0 Å². The number of ether oxygens (including phenoxy) is 1. The average Bonchev–Trinajstić information content (AvgIpc) is 2.83. The van der Waals surface area contributed by atoms with Crippen LogP contribution in [0.15, 0.2) is 6.20 Å². The van der Waals surface area contributed by atoms with Crippen molar-refractivity contribution in [2.24, 2.45) is 0 Å². The van der Waals surface area contributed by atoms with E-state index in [0.29, 0.717) is 22.8 Å². The number of alkyl halides is 3. The lowest BCUT2D eigenvalue weighted by atomic mass is 10.1. The number of aromatic nitrogens is 1. The summed E-state index contributed by atoms with van der Waals surface area (Å²) in [6.45, 7) is 4.57. The van der Waals surface area contributed by atoms with E-state index >= 15 is 0 Å². The number of nitrogens with zero attached hydrogens (tertiary/aromatic N) is 1. The number of thiazole rings is 1. The van der Waals surface area contributed by atoms with Crippen LogP contribution in [0.1, 0.15) is 42.6 Å². The summed E-state index contributed by atoms with van der Waals surface area (Å²) in [5, 5.41) is 2.40. The van der Waals surface area contributed by atoms with Crippen LogP contribution in [-0.2, 0) is 10.9 Å². The van der Waals surface area contributed by atoms with Crippen LogP contribution in [0.25, 0.3) is 0 Å². The zero-order valence-corrected chi connectivity index (χ0v) is 12.1. The van der Waals surface area contributed by atoms with Gasteiger partial charge in [0, 0.05) is 24.2 Å². The molecule has 1 N–H and O–H groups in total. The van der Waals surface area contributed by atoms with Gasteiger partial charge in [-0.1, -0.05) is 6.92 Å². The lowest BCUT2D eigenvalue weighted by molar-refractivity contribution is -0.137. The summed E-state index contributed by atoms with van der Waals surface area (Å²) in [7, 11) is 1.63. The van der Waals surface area contributed by atoms with Crippen molar-refractivity contribution in [3.05, 3.63) is 16.1 Å². The molecule has 0 saturated heterocycles. The van der Waals surface area contributed by atoms with Crippen molar-refractivity contribution in [1.29, 1.82) is 0 Å². The highest BCUT2D eigenvalue weighted by molar-refractivity contribution is 7.11. The smallest absolute Gasteiger partial charge is 0.382 e. The molecule has 0 fully saturated rings. The second-order valence-electron chi connectivity index (χ2n) is 4.30. The van der Waals surface area contributed by atoms with Gasteiger partial charge in [-0.15, -0.1) is 11.3 Å². The van der Waals surface area contributed by atoms with Crippen LogP contribution in [0, 0.1) is 0 Å². The first kappa shape index (κ1) is 16.4. The Bertz CT molecular complexity index is 381. The summed E-state index contributed by atoms with van der Waals surface area (Å²) >= 11 is 0.708. The summed E-state index contributed by atoms with van der Waals surface area (Å²) < 4.78 is 42.7. The van der Waals surface area contributed by atoms with Crippen molar-refractivity contribution in [3.8, 4) is 0 Å². The van der Waals surface area contributed by atoms with Crippen molar-refractivity contribution in [1.82, 2.24) is 10.3 Å². The molecule has 0 radical (unpaired) electrons. The van der Waals surface area contributed by atoms with Crippen LogP contribution >= 0.6 is 11.3 Å². The first-order valence-electron chi connectivity index (χ1n) is 6.17. The van der Waals surface area contributed by atoms with Gasteiger partial charge in [-0.05, 0) is 26.3 Å². The highest BCUT2D eigenvalue weighted by atomic mass is 32.1. The Balaban J connectivity index is 2.73. The number of hydrogen-bond acceptors (Lipinski definition) is 4. The monoisotopic (exact) mass is 296 g/mol. The third-order valence-corrected chi connectivity index (χ3v) is 3.98. The van der Waals surface area contributed by atoms with Crippen LogP contribution in [0.5, 0.6) is 0 Å². The number of nitrogens with one attached hydrogen (secondary N) is 1. The van der Waals surface area contributed by atoms with Crippen LogP contribution in [0.3, 0.4) is 0 Å². The van der Waals surface area contributed by atoms with Crippen LogP contribution in [0.2, 0.25) is 0 Å². The van der Waals surface area contributed by atoms with Gasteiger partial charge in [-0.25, -0.2) is 4.98 Å². The molecule has 1 heterocycles.